The Bertz CT molecular complexity index is 1510. The first-order valence-electron chi connectivity index (χ1n) is 10.6. The molecule has 0 aliphatic carbocycles. The van der Waals surface area contributed by atoms with E-state index in [1.165, 1.54) is 35.5 Å². The van der Waals surface area contributed by atoms with E-state index in [0.717, 1.165) is 9.04 Å². The van der Waals surface area contributed by atoms with E-state index in [1.807, 2.05) is 18.2 Å². The topological polar surface area (TPSA) is 136 Å². The molecule has 182 valence electrons. The molecule has 0 aliphatic rings. The molecular formula is C23H23BrN6O5. The van der Waals surface area contributed by atoms with Gasteiger partial charge in [-0.3, -0.25) is 13.9 Å². The number of rotatable bonds is 8. The number of hydrogen-bond donors (Lipinski definition) is 3. The molecule has 12 heteroatoms. The Hall–Kier alpha value is -3.90. The van der Waals surface area contributed by atoms with Gasteiger partial charge in [-0.25, -0.2) is 10.2 Å². The Labute approximate surface area is 207 Å². The number of imidazole rings is 1. The highest BCUT2D eigenvalue weighted by Gasteiger charge is 2.21. The molecule has 0 amide bonds. The van der Waals surface area contributed by atoms with E-state index in [-0.39, 0.29) is 36.0 Å². The SMILES string of the molecule is Cn1c(=O)c2c(nc(NN=Cc3cc(Br)ccc3O)n2CC(O)COc2ccccc2)n(C)c1=O. The third-order valence-electron chi connectivity index (χ3n) is 5.28. The van der Waals surface area contributed by atoms with Crippen molar-refractivity contribution in [2.45, 2.75) is 12.6 Å². The van der Waals surface area contributed by atoms with Gasteiger partial charge >= 0.3 is 5.69 Å². The molecule has 4 rings (SSSR count). The summed E-state index contributed by atoms with van der Waals surface area (Å²) in [6, 6.07) is 13.9. The Kier molecular flexibility index (Phi) is 7.03. The highest BCUT2D eigenvalue weighted by Crippen LogP contribution is 2.21. The van der Waals surface area contributed by atoms with E-state index >= 15 is 0 Å². The predicted molar refractivity (Wildman–Crippen MR) is 135 cm³/mol. The van der Waals surface area contributed by atoms with Crippen LogP contribution in [0.25, 0.3) is 11.2 Å². The fourth-order valence-electron chi connectivity index (χ4n) is 3.47. The lowest BCUT2D eigenvalue weighted by Gasteiger charge is -2.15. The Morgan fingerprint density at radius 3 is 2.66 bits per heavy atom. The molecule has 35 heavy (non-hydrogen) atoms. The van der Waals surface area contributed by atoms with Crippen molar-refractivity contribution in [1.29, 1.82) is 0 Å². The van der Waals surface area contributed by atoms with E-state index in [2.05, 4.69) is 31.4 Å². The highest BCUT2D eigenvalue weighted by molar-refractivity contribution is 9.10. The predicted octanol–water partition coefficient (Wildman–Crippen LogP) is 1.79. The van der Waals surface area contributed by atoms with Crippen LogP contribution in [0.5, 0.6) is 11.5 Å². The molecule has 11 nitrogen and oxygen atoms in total. The minimum Gasteiger partial charge on any atom is -0.507 e. The lowest BCUT2D eigenvalue weighted by Crippen LogP contribution is -2.38. The Morgan fingerprint density at radius 2 is 1.91 bits per heavy atom. The van der Waals surface area contributed by atoms with E-state index in [4.69, 9.17) is 4.74 Å². The second-order valence-corrected chi connectivity index (χ2v) is 8.69. The summed E-state index contributed by atoms with van der Waals surface area (Å²) < 4.78 is 10.0. The zero-order valence-electron chi connectivity index (χ0n) is 18.9. The first kappa shape index (κ1) is 24.2. The monoisotopic (exact) mass is 542 g/mol. The molecule has 0 bridgehead atoms. The van der Waals surface area contributed by atoms with Gasteiger partial charge < -0.3 is 19.5 Å². The van der Waals surface area contributed by atoms with Crippen LogP contribution in [0.4, 0.5) is 5.95 Å². The summed E-state index contributed by atoms with van der Waals surface area (Å²) in [5.74, 6) is 0.747. The number of hydrogen-bond acceptors (Lipinski definition) is 8. The maximum atomic E-state index is 12.9. The number of nitrogens with zero attached hydrogens (tertiary/aromatic N) is 5. The minimum atomic E-state index is -1.01. The molecule has 0 aliphatic heterocycles. The first-order chi connectivity index (χ1) is 16.8. The van der Waals surface area contributed by atoms with Crippen LogP contribution in [0.3, 0.4) is 0 Å². The van der Waals surface area contributed by atoms with Crippen molar-refractivity contribution in [1.82, 2.24) is 18.7 Å². The number of fused-ring (bicyclic) bond motifs is 1. The minimum absolute atomic E-state index is 0.0250. The molecule has 0 spiro atoms. The number of nitrogens with one attached hydrogen (secondary N) is 1. The van der Waals surface area contributed by atoms with E-state index < -0.39 is 17.4 Å². The van der Waals surface area contributed by atoms with Gasteiger partial charge in [-0.15, -0.1) is 0 Å². The fraction of sp³-hybridized carbons (Fsp3) is 0.217. The van der Waals surface area contributed by atoms with Gasteiger partial charge in [0.1, 0.15) is 24.2 Å². The summed E-state index contributed by atoms with van der Waals surface area (Å²) in [6.45, 7) is -0.0961. The number of benzene rings is 2. The molecule has 0 saturated heterocycles. The Morgan fingerprint density at radius 1 is 1.17 bits per heavy atom. The molecule has 0 saturated carbocycles. The van der Waals surface area contributed by atoms with Crippen LogP contribution in [0.15, 0.2) is 67.7 Å². The molecular weight excluding hydrogens is 520 g/mol. The van der Waals surface area contributed by atoms with Gasteiger partial charge in [0.15, 0.2) is 11.2 Å². The average Bonchev–Trinajstić information content (AvgIpc) is 3.21. The number of phenolic OH excluding ortho intramolecular Hbond substituents is 1. The number of anilines is 1. The average molecular weight is 543 g/mol. The van der Waals surface area contributed by atoms with Crippen molar-refractivity contribution in [3.63, 3.8) is 0 Å². The number of para-hydroxylation sites is 1. The van der Waals surface area contributed by atoms with Crippen LogP contribution in [0, 0.1) is 0 Å². The number of aryl methyl sites for hydroxylation is 1. The zero-order chi connectivity index (χ0) is 25.1. The third kappa shape index (κ3) is 5.12. The summed E-state index contributed by atoms with van der Waals surface area (Å²) in [4.78, 5) is 29.7. The van der Waals surface area contributed by atoms with E-state index in [0.29, 0.717) is 11.3 Å². The molecule has 2 aromatic heterocycles. The van der Waals surface area contributed by atoms with Crippen molar-refractivity contribution in [3.05, 3.63) is 79.4 Å². The fourth-order valence-corrected chi connectivity index (χ4v) is 3.85. The first-order valence-corrected chi connectivity index (χ1v) is 11.4. The summed E-state index contributed by atoms with van der Waals surface area (Å²) in [5, 5.41) is 24.8. The number of aliphatic hydroxyl groups is 1. The van der Waals surface area contributed by atoms with E-state index in [1.54, 1.807) is 24.3 Å². The van der Waals surface area contributed by atoms with E-state index in [9.17, 15) is 19.8 Å². The third-order valence-corrected chi connectivity index (χ3v) is 5.78. The summed E-state index contributed by atoms with van der Waals surface area (Å²) in [6.07, 6.45) is 0.378. The highest BCUT2D eigenvalue weighted by atomic mass is 79.9. The maximum Gasteiger partial charge on any atom is 0.332 e. The standard InChI is InChI=1S/C23H23BrN6O5/c1-28-20-19(21(33)29(2)23(28)34)30(12-16(31)13-35-17-6-4-3-5-7-17)22(26-20)27-25-11-14-10-15(24)8-9-18(14)32/h3-11,16,31-32H,12-13H2,1-2H3,(H,26,27). The largest absolute Gasteiger partial charge is 0.507 e. The maximum absolute atomic E-state index is 12.9. The van der Waals surface area contributed by atoms with Crippen LogP contribution in [0.2, 0.25) is 0 Å². The lowest BCUT2D eigenvalue weighted by molar-refractivity contribution is 0.0938. The van der Waals surface area contributed by atoms with Gasteiger partial charge in [0, 0.05) is 24.1 Å². The second kappa shape index (κ2) is 10.2. The van der Waals surface area contributed by atoms with Gasteiger partial charge in [-0.05, 0) is 30.3 Å². The van der Waals surface area contributed by atoms with Gasteiger partial charge in [0.05, 0.1) is 12.8 Å². The van der Waals surface area contributed by atoms with Crippen LogP contribution in [0.1, 0.15) is 5.56 Å². The summed E-state index contributed by atoms with van der Waals surface area (Å²) in [5.41, 5.74) is 2.35. The van der Waals surface area contributed by atoms with Gasteiger partial charge in [0.2, 0.25) is 5.95 Å². The normalized spacial score (nSPS) is 12.3. The van der Waals surface area contributed by atoms with Crippen molar-refractivity contribution >= 4 is 39.3 Å². The number of ether oxygens (including phenoxy) is 1. The van der Waals surface area contributed by atoms with Crippen LogP contribution < -0.4 is 21.4 Å². The molecule has 2 aromatic carbocycles. The van der Waals surface area contributed by atoms with Gasteiger partial charge in [-0.1, -0.05) is 34.1 Å². The van der Waals surface area contributed by atoms with Crippen molar-refractivity contribution < 1.29 is 14.9 Å². The molecule has 3 N–H and O–H groups in total. The number of aromatic hydroxyl groups is 1. The molecule has 1 unspecified atom stereocenters. The second-order valence-electron chi connectivity index (χ2n) is 7.78. The van der Waals surface area contributed by atoms with Crippen LogP contribution in [-0.2, 0) is 20.6 Å². The Balaban J connectivity index is 1.68. The molecule has 4 aromatic rings. The number of phenols is 1. The number of halogens is 1. The number of aromatic nitrogens is 4. The van der Waals surface area contributed by atoms with Gasteiger partial charge in [-0.2, -0.15) is 10.1 Å². The van der Waals surface area contributed by atoms with Crippen LogP contribution in [-0.4, -0.2) is 47.8 Å². The smallest absolute Gasteiger partial charge is 0.332 e. The number of hydrazone groups is 1. The summed E-state index contributed by atoms with van der Waals surface area (Å²) in [7, 11) is 2.88. The molecule has 0 fully saturated rings. The molecule has 1 atom stereocenters. The molecule has 0 radical (unpaired) electrons. The van der Waals surface area contributed by atoms with Crippen molar-refractivity contribution in [2.75, 3.05) is 12.0 Å². The number of aliphatic hydroxyl groups excluding tert-OH is 1. The van der Waals surface area contributed by atoms with Gasteiger partial charge in [0.25, 0.3) is 5.56 Å². The van der Waals surface area contributed by atoms with Crippen LogP contribution >= 0.6 is 15.9 Å². The summed E-state index contributed by atoms with van der Waals surface area (Å²) >= 11 is 3.34. The molecule has 2 heterocycles. The van der Waals surface area contributed by atoms with Crippen molar-refractivity contribution in [3.8, 4) is 11.5 Å². The lowest BCUT2D eigenvalue weighted by atomic mass is 10.2. The quantitative estimate of drug-likeness (QED) is 0.228. The van der Waals surface area contributed by atoms with Crippen molar-refractivity contribution in [2.24, 2.45) is 19.2 Å². The zero-order valence-corrected chi connectivity index (χ0v) is 20.5.